The molecule has 2 rings (SSSR count). The maximum absolute atomic E-state index is 3.65. The lowest BCUT2D eigenvalue weighted by Gasteiger charge is -2.26. The van der Waals surface area contributed by atoms with E-state index in [1.165, 1.54) is 51.6 Å². The molecule has 0 aromatic rings. The SMILES string of the molecule is CC1CCC(CNCC2CCC2)C1. The molecule has 0 aliphatic heterocycles. The van der Waals surface area contributed by atoms with Gasteiger partial charge >= 0.3 is 0 Å². The molecule has 0 spiro atoms. The Hall–Kier alpha value is -0.0400. The lowest BCUT2D eigenvalue weighted by Crippen LogP contribution is -2.30. The zero-order valence-electron chi connectivity index (χ0n) is 8.89. The minimum absolute atomic E-state index is 0.995. The Kier molecular flexibility index (Phi) is 3.26. The van der Waals surface area contributed by atoms with Crippen LogP contribution in [0.4, 0.5) is 0 Å². The molecule has 0 radical (unpaired) electrons. The maximum Gasteiger partial charge on any atom is -0.00203 e. The number of hydrogen-bond donors (Lipinski definition) is 1. The van der Waals surface area contributed by atoms with E-state index in [4.69, 9.17) is 0 Å². The van der Waals surface area contributed by atoms with E-state index in [0.29, 0.717) is 0 Å². The molecule has 0 aromatic heterocycles. The van der Waals surface area contributed by atoms with Gasteiger partial charge in [0.2, 0.25) is 0 Å². The third kappa shape index (κ3) is 2.70. The summed E-state index contributed by atoms with van der Waals surface area (Å²) in [5, 5.41) is 3.65. The molecule has 0 saturated heterocycles. The average molecular weight is 181 g/mol. The molecular weight excluding hydrogens is 158 g/mol. The summed E-state index contributed by atoms with van der Waals surface area (Å²) < 4.78 is 0. The van der Waals surface area contributed by atoms with Crippen LogP contribution in [-0.2, 0) is 0 Å². The molecule has 2 aliphatic rings. The summed E-state index contributed by atoms with van der Waals surface area (Å²) in [4.78, 5) is 0. The van der Waals surface area contributed by atoms with E-state index in [1.54, 1.807) is 0 Å². The Morgan fingerprint density at radius 2 is 1.77 bits per heavy atom. The fourth-order valence-electron chi connectivity index (χ4n) is 2.70. The van der Waals surface area contributed by atoms with Gasteiger partial charge in [0, 0.05) is 0 Å². The monoisotopic (exact) mass is 181 g/mol. The van der Waals surface area contributed by atoms with Crippen LogP contribution in [0.2, 0.25) is 0 Å². The van der Waals surface area contributed by atoms with Crippen LogP contribution in [0.3, 0.4) is 0 Å². The van der Waals surface area contributed by atoms with Gasteiger partial charge in [-0.1, -0.05) is 19.8 Å². The second-order valence-electron chi connectivity index (χ2n) is 5.24. The van der Waals surface area contributed by atoms with Crippen LogP contribution < -0.4 is 5.32 Å². The molecule has 2 aliphatic carbocycles. The maximum atomic E-state index is 3.65. The van der Waals surface area contributed by atoms with E-state index < -0.39 is 0 Å². The lowest BCUT2D eigenvalue weighted by molar-refractivity contribution is 0.294. The predicted molar refractivity (Wildman–Crippen MR) is 56.7 cm³/mol. The normalized spacial score (nSPS) is 34.8. The second kappa shape index (κ2) is 4.45. The van der Waals surface area contributed by atoms with Crippen molar-refractivity contribution >= 4 is 0 Å². The third-order valence-electron chi connectivity index (χ3n) is 3.89. The van der Waals surface area contributed by atoms with E-state index in [1.807, 2.05) is 0 Å². The molecule has 2 saturated carbocycles. The van der Waals surface area contributed by atoms with Crippen LogP contribution in [0, 0.1) is 17.8 Å². The molecule has 2 fully saturated rings. The van der Waals surface area contributed by atoms with Gasteiger partial charge in [-0.25, -0.2) is 0 Å². The summed E-state index contributed by atoms with van der Waals surface area (Å²) in [5.74, 6) is 3.02. The highest BCUT2D eigenvalue weighted by Gasteiger charge is 2.22. The van der Waals surface area contributed by atoms with E-state index >= 15 is 0 Å². The van der Waals surface area contributed by atoms with E-state index in [-0.39, 0.29) is 0 Å². The molecule has 1 heteroatoms. The fraction of sp³-hybridized carbons (Fsp3) is 1.00. The van der Waals surface area contributed by atoms with Crippen molar-refractivity contribution in [1.29, 1.82) is 0 Å². The largest absolute Gasteiger partial charge is 0.316 e. The van der Waals surface area contributed by atoms with Crippen molar-refractivity contribution < 1.29 is 0 Å². The number of rotatable bonds is 4. The minimum Gasteiger partial charge on any atom is -0.316 e. The standard InChI is InChI=1S/C12H23N/c1-10-5-6-12(7-10)9-13-8-11-3-2-4-11/h10-13H,2-9H2,1H3. The summed E-state index contributed by atoms with van der Waals surface area (Å²) in [5.41, 5.74) is 0. The first-order valence-corrected chi connectivity index (χ1v) is 6.05. The molecule has 1 nitrogen and oxygen atoms in total. The van der Waals surface area contributed by atoms with Gasteiger partial charge in [-0.05, 0) is 56.5 Å². The van der Waals surface area contributed by atoms with Crippen LogP contribution in [-0.4, -0.2) is 13.1 Å². The molecule has 0 amide bonds. The van der Waals surface area contributed by atoms with Gasteiger partial charge in [0.25, 0.3) is 0 Å². The van der Waals surface area contributed by atoms with E-state index in [9.17, 15) is 0 Å². The van der Waals surface area contributed by atoms with Crippen LogP contribution in [0.5, 0.6) is 0 Å². The first-order valence-electron chi connectivity index (χ1n) is 6.05. The first kappa shape index (κ1) is 9.51. The van der Waals surface area contributed by atoms with E-state index in [2.05, 4.69) is 12.2 Å². The van der Waals surface area contributed by atoms with Gasteiger partial charge in [0.1, 0.15) is 0 Å². The summed E-state index contributed by atoms with van der Waals surface area (Å²) in [6.45, 7) is 4.98. The minimum atomic E-state index is 0.995. The van der Waals surface area contributed by atoms with Crippen molar-refractivity contribution in [3.05, 3.63) is 0 Å². The zero-order chi connectivity index (χ0) is 9.10. The van der Waals surface area contributed by atoms with Crippen molar-refractivity contribution in [2.24, 2.45) is 17.8 Å². The molecule has 1 N–H and O–H groups in total. The number of nitrogens with one attached hydrogen (secondary N) is 1. The highest BCUT2D eigenvalue weighted by atomic mass is 14.9. The number of hydrogen-bond acceptors (Lipinski definition) is 1. The molecule has 13 heavy (non-hydrogen) atoms. The van der Waals surface area contributed by atoms with Gasteiger partial charge in [-0.3, -0.25) is 0 Å². The van der Waals surface area contributed by atoms with Gasteiger partial charge < -0.3 is 5.32 Å². The summed E-state index contributed by atoms with van der Waals surface area (Å²) in [6.07, 6.45) is 8.85. The Morgan fingerprint density at radius 3 is 2.31 bits per heavy atom. The molecule has 76 valence electrons. The van der Waals surface area contributed by atoms with Crippen LogP contribution in [0.15, 0.2) is 0 Å². The highest BCUT2D eigenvalue weighted by molar-refractivity contribution is 4.76. The van der Waals surface area contributed by atoms with Crippen molar-refractivity contribution in [2.45, 2.75) is 45.4 Å². The zero-order valence-corrected chi connectivity index (χ0v) is 8.89. The summed E-state index contributed by atoms with van der Waals surface area (Å²) >= 11 is 0. The predicted octanol–water partition coefficient (Wildman–Crippen LogP) is 2.81. The lowest BCUT2D eigenvalue weighted by atomic mass is 9.85. The third-order valence-corrected chi connectivity index (χ3v) is 3.89. The highest BCUT2D eigenvalue weighted by Crippen LogP contribution is 2.30. The molecule has 2 unspecified atom stereocenters. The van der Waals surface area contributed by atoms with Crippen molar-refractivity contribution in [2.75, 3.05) is 13.1 Å². The molecule has 0 aromatic carbocycles. The summed E-state index contributed by atoms with van der Waals surface area (Å²) in [7, 11) is 0. The van der Waals surface area contributed by atoms with Gasteiger partial charge in [0.15, 0.2) is 0 Å². The van der Waals surface area contributed by atoms with Crippen molar-refractivity contribution in [3.63, 3.8) is 0 Å². The summed E-state index contributed by atoms with van der Waals surface area (Å²) in [6, 6.07) is 0. The van der Waals surface area contributed by atoms with Gasteiger partial charge in [-0.15, -0.1) is 0 Å². The van der Waals surface area contributed by atoms with Crippen LogP contribution in [0.25, 0.3) is 0 Å². The van der Waals surface area contributed by atoms with Gasteiger partial charge in [-0.2, -0.15) is 0 Å². The Balaban J connectivity index is 1.52. The molecule has 2 atom stereocenters. The molecule has 0 heterocycles. The van der Waals surface area contributed by atoms with E-state index in [0.717, 1.165) is 17.8 Å². The molecular formula is C12H23N. The Morgan fingerprint density at radius 1 is 1.00 bits per heavy atom. The van der Waals surface area contributed by atoms with Crippen molar-refractivity contribution in [1.82, 2.24) is 5.32 Å². The average Bonchev–Trinajstić information content (AvgIpc) is 2.42. The quantitative estimate of drug-likeness (QED) is 0.703. The molecule has 0 bridgehead atoms. The Bertz CT molecular complexity index is 151. The smallest absolute Gasteiger partial charge is 0.00203 e. The first-order chi connectivity index (χ1) is 6.34. The van der Waals surface area contributed by atoms with Crippen LogP contribution >= 0.6 is 0 Å². The van der Waals surface area contributed by atoms with Crippen LogP contribution in [0.1, 0.15) is 45.4 Å². The second-order valence-corrected chi connectivity index (χ2v) is 5.24. The van der Waals surface area contributed by atoms with Gasteiger partial charge in [0.05, 0.1) is 0 Å². The fourth-order valence-corrected chi connectivity index (χ4v) is 2.70. The Labute approximate surface area is 82.3 Å². The topological polar surface area (TPSA) is 12.0 Å². The van der Waals surface area contributed by atoms with Crippen molar-refractivity contribution in [3.8, 4) is 0 Å².